The van der Waals surface area contributed by atoms with Crippen LogP contribution >= 0.6 is 12.4 Å². The number of halogens is 1. The molecule has 0 unspecified atom stereocenters. The number of morpholine rings is 1. The Hall–Kier alpha value is -1.30. The monoisotopic (exact) mass is 282 g/mol. The SMILES string of the molecule is Cl.Cn1c(CN2CCOCC2)nc2cc(N)ccc21. The number of hydrogen-bond donors (Lipinski definition) is 1. The van der Waals surface area contributed by atoms with Gasteiger partial charge in [-0.25, -0.2) is 4.98 Å². The van der Waals surface area contributed by atoms with Gasteiger partial charge in [-0.2, -0.15) is 0 Å². The molecule has 0 saturated carbocycles. The van der Waals surface area contributed by atoms with E-state index in [1.807, 2.05) is 18.2 Å². The molecule has 0 aliphatic carbocycles. The van der Waals surface area contributed by atoms with Crippen LogP contribution in [0.15, 0.2) is 18.2 Å². The normalized spacial score (nSPS) is 16.5. The van der Waals surface area contributed by atoms with Gasteiger partial charge < -0.3 is 15.0 Å². The topological polar surface area (TPSA) is 56.3 Å². The smallest absolute Gasteiger partial charge is 0.123 e. The van der Waals surface area contributed by atoms with Crippen LogP contribution in [0.5, 0.6) is 0 Å². The van der Waals surface area contributed by atoms with Crippen molar-refractivity contribution < 1.29 is 4.74 Å². The number of imidazole rings is 1. The number of anilines is 1. The average molecular weight is 283 g/mol. The van der Waals surface area contributed by atoms with E-state index in [1.165, 1.54) is 0 Å². The van der Waals surface area contributed by atoms with Crippen LogP contribution in [0.3, 0.4) is 0 Å². The molecule has 0 spiro atoms. The summed E-state index contributed by atoms with van der Waals surface area (Å²) in [6, 6.07) is 5.88. The van der Waals surface area contributed by atoms with E-state index in [0.29, 0.717) is 0 Å². The molecule has 1 aromatic heterocycles. The van der Waals surface area contributed by atoms with Gasteiger partial charge in [-0.1, -0.05) is 0 Å². The quantitative estimate of drug-likeness (QED) is 0.846. The minimum absolute atomic E-state index is 0. The Bertz CT molecular complexity index is 563. The maximum Gasteiger partial charge on any atom is 0.123 e. The second-order valence-electron chi connectivity index (χ2n) is 4.72. The van der Waals surface area contributed by atoms with Crippen LogP contribution in [0.25, 0.3) is 11.0 Å². The van der Waals surface area contributed by atoms with Gasteiger partial charge in [-0.3, -0.25) is 4.90 Å². The van der Waals surface area contributed by atoms with Crippen molar-refractivity contribution >= 4 is 29.1 Å². The fourth-order valence-electron chi connectivity index (χ4n) is 2.37. The molecule has 19 heavy (non-hydrogen) atoms. The number of nitrogens with two attached hydrogens (primary N) is 1. The third-order valence-electron chi connectivity index (χ3n) is 3.47. The lowest BCUT2D eigenvalue weighted by molar-refractivity contribution is 0.0328. The van der Waals surface area contributed by atoms with E-state index in [0.717, 1.165) is 55.4 Å². The molecule has 2 aromatic rings. The maximum absolute atomic E-state index is 5.79. The van der Waals surface area contributed by atoms with E-state index in [2.05, 4.69) is 21.5 Å². The third-order valence-corrected chi connectivity index (χ3v) is 3.47. The van der Waals surface area contributed by atoms with E-state index in [9.17, 15) is 0 Å². The summed E-state index contributed by atoms with van der Waals surface area (Å²) in [7, 11) is 2.06. The molecule has 1 aliphatic rings. The van der Waals surface area contributed by atoms with Gasteiger partial charge in [0.05, 0.1) is 30.8 Å². The summed E-state index contributed by atoms with van der Waals surface area (Å²) < 4.78 is 7.50. The Kier molecular flexibility index (Phi) is 4.29. The van der Waals surface area contributed by atoms with Gasteiger partial charge in [0.15, 0.2) is 0 Å². The van der Waals surface area contributed by atoms with E-state index >= 15 is 0 Å². The minimum atomic E-state index is 0. The first-order valence-corrected chi connectivity index (χ1v) is 6.25. The van der Waals surface area contributed by atoms with Crippen molar-refractivity contribution in [3.63, 3.8) is 0 Å². The lowest BCUT2D eigenvalue weighted by atomic mass is 10.3. The van der Waals surface area contributed by atoms with E-state index in [1.54, 1.807) is 0 Å². The zero-order chi connectivity index (χ0) is 12.5. The highest BCUT2D eigenvalue weighted by Gasteiger charge is 2.14. The van der Waals surface area contributed by atoms with Crippen LogP contribution in [-0.2, 0) is 18.3 Å². The van der Waals surface area contributed by atoms with E-state index in [-0.39, 0.29) is 12.4 Å². The van der Waals surface area contributed by atoms with Crippen molar-refractivity contribution in [2.45, 2.75) is 6.54 Å². The number of hydrogen-bond acceptors (Lipinski definition) is 4. The van der Waals surface area contributed by atoms with Gasteiger partial charge in [-0.15, -0.1) is 12.4 Å². The second-order valence-corrected chi connectivity index (χ2v) is 4.72. The highest BCUT2D eigenvalue weighted by molar-refractivity contribution is 5.85. The Morgan fingerprint density at radius 3 is 2.79 bits per heavy atom. The number of fused-ring (bicyclic) bond motifs is 1. The van der Waals surface area contributed by atoms with Crippen molar-refractivity contribution in [1.29, 1.82) is 0 Å². The fraction of sp³-hybridized carbons (Fsp3) is 0.462. The summed E-state index contributed by atoms with van der Waals surface area (Å²) in [5.41, 5.74) is 8.66. The summed E-state index contributed by atoms with van der Waals surface area (Å²) in [5.74, 6) is 1.08. The summed E-state index contributed by atoms with van der Waals surface area (Å²) in [6.07, 6.45) is 0. The molecule has 1 aliphatic heterocycles. The first-order valence-electron chi connectivity index (χ1n) is 6.25. The molecule has 2 N–H and O–H groups in total. The van der Waals surface area contributed by atoms with Gasteiger partial charge in [0.1, 0.15) is 5.82 Å². The molecule has 1 fully saturated rings. The molecule has 1 aromatic carbocycles. The standard InChI is InChI=1S/C13H18N4O.ClH/c1-16-12-3-2-10(14)8-11(12)15-13(16)9-17-4-6-18-7-5-17;/h2-3,8H,4-7,9,14H2,1H3;1H. The molecule has 0 bridgehead atoms. The average Bonchev–Trinajstić information content (AvgIpc) is 2.67. The summed E-state index contributed by atoms with van der Waals surface area (Å²) in [6.45, 7) is 4.46. The minimum Gasteiger partial charge on any atom is -0.399 e. The molecule has 104 valence electrons. The summed E-state index contributed by atoms with van der Waals surface area (Å²) in [4.78, 5) is 7.04. The molecule has 1 saturated heterocycles. The van der Waals surface area contributed by atoms with E-state index in [4.69, 9.17) is 10.5 Å². The number of nitrogen functional groups attached to an aromatic ring is 1. The molecular weight excluding hydrogens is 264 g/mol. The van der Waals surface area contributed by atoms with Crippen LogP contribution < -0.4 is 5.73 Å². The van der Waals surface area contributed by atoms with Gasteiger partial charge in [0.25, 0.3) is 0 Å². The Morgan fingerprint density at radius 2 is 2.05 bits per heavy atom. The predicted octanol–water partition coefficient (Wildman–Crippen LogP) is 1.41. The largest absolute Gasteiger partial charge is 0.399 e. The number of rotatable bonds is 2. The molecule has 3 rings (SSSR count). The van der Waals surface area contributed by atoms with Gasteiger partial charge in [0, 0.05) is 25.8 Å². The van der Waals surface area contributed by atoms with Crippen molar-refractivity contribution in [3.05, 3.63) is 24.0 Å². The number of benzene rings is 1. The van der Waals surface area contributed by atoms with Crippen molar-refractivity contribution in [3.8, 4) is 0 Å². The lowest BCUT2D eigenvalue weighted by Gasteiger charge is -2.26. The van der Waals surface area contributed by atoms with Crippen LogP contribution in [0, 0.1) is 0 Å². The highest BCUT2D eigenvalue weighted by atomic mass is 35.5. The first kappa shape index (κ1) is 14.1. The van der Waals surface area contributed by atoms with Crippen LogP contribution in [0.1, 0.15) is 5.82 Å². The van der Waals surface area contributed by atoms with Crippen LogP contribution in [0.4, 0.5) is 5.69 Å². The molecule has 0 amide bonds. The number of ether oxygens (including phenoxy) is 1. The lowest BCUT2D eigenvalue weighted by Crippen LogP contribution is -2.36. The number of nitrogens with zero attached hydrogens (tertiary/aromatic N) is 3. The predicted molar refractivity (Wildman–Crippen MR) is 78.5 cm³/mol. The summed E-state index contributed by atoms with van der Waals surface area (Å²) in [5, 5.41) is 0. The number of aromatic nitrogens is 2. The van der Waals surface area contributed by atoms with Gasteiger partial charge in [-0.05, 0) is 18.2 Å². The zero-order valence-electron chi connectivity index (χ0n) is 11.0. The van der Waals surface area contributed by atoms with Crippen LogP contribution in [0.2, 0.25) is 0 Å². The molecule has 0 radical (unpaired) electrons. The number of aryl methyl sites for hydroxylation is 1. The van der Waals surface area contributed by atoms with Crippen molar-refractivity contribution in [2.24, 2.45) is 7.05 Å². The molecule has 6 heteroatoms. The summed E-state index contributed by atoms with van der Waals surface area (Å²) >= 11 is 0. The third kappa shape index (κ3) is 2.83. The molecule has 2 heterocycles. The molecule has 0 atom stereocenters. The Morgan fingerprint density at radius 1 is 1.32 bits per heavy atom. The molecule has 5 nitrogen and oxygen atoms in total. The van der Waals surface area contributed by atoms with Gasteiger partial charge in [0.2, 0.25) is 0 Å². The Balaban J connectivity index is 0.00000133. The van der Waals surface area contributed by atoms with Crippen LogP contribution in [-0.4, -0.2) is 40.8 Å². The van der Waals surface area contributed by atoms with E-state index < -0.39 is 0 Å². The maximum atomic E-state index is 5.79. The Labute approximate surface area is 118 Å². The highest BCUT2D eigenvalue weighted by Crippen LogP contribution is 2.19. The molecular formula is C13H19ClN4O. The first-order chi connectivity index (χ1) is 8.74. The zero-order valence-corrected chi connectivity index (χ0v) is 11.8. The van der Waals surface area contributed by atoms with Crippen molar-refractivity contribution in [1.82, 2.24) is 14.5 Å². The van der Waals surface area contributed by atoms with Crippen molar-refractivity contribution in [2.75, 3.05) is 32.0 Å². The second kappa shape index (κ2) is 5.77. The fourth-order valence-corrected chi connectivity index (χ4v) is 2.37. The van der Waals surface area contributed by atoms with Gasteiger partial charge >= 0.3 is 0 Å².